The van der Waals surface area contributed by atoms with E-state index in [9.17, 15) is 0 Å². The highest BCUT2D eigenvalue weighted by Gasteiger charge is 2.41. The Labute approximate surface area is 151 Å². The third kappa shape index (κ3) is 2.85. The summed E-state index contributed by atoms with van der Waals surface area (Å²) < 4.78 is 5.27. The Morgan fingerprint density at radius 3 is 2.56 bits per heavy atom. The monoisotopic (exact) mass is 350 g/mol. The third-order valence-corrected chi connectivity index (χ3v) is 4.70. The van der Waals surface area contributed by atoms with Gasteiger partial charge in [-0.05, 0) is 60.7 Å². The Bertz CT molecular complexity index is 849. The smallest absolute Gasteiger partial charge is 0.174 e. The number of aromatic nitrogens is 2. The Morgan fingerprint density at radius 1 is 1.08 bits per heavy atom. The summed E-state index contributed by atoms with van der Waals surface area (Å²) >= 11 is 5.65. The number of rotatable bonds is 4. The summed E-state index contributed by atoms with van der Waals surface area (Å²) in [6, 6.07) is 17.9. The maximum Gasteiger partial charge on any atom is 0.174 e. The van der Waals surface area contributed by atoms with Gasteiger partial charge >= 0.3 is 0 Å². The van der Waals surface area contributed by atoms with Crippen LogP contribution in [0, 0.1) is 0 Å². The molecule has 1 aliphatic heterocycles. The molecule has 3 aromatic rings. The maximum absolute atomic E-state index is 5.65. The molecule has 0 saturated carbocycles. The molecule has 3 heterocycles. The van der Waals surface area contributed by atoms with Crippen LogP contribution in [-0.4, -0.2) is 22.2 Å². The molecule has 2 N–H and O–H groups in total. The van der Waals surface area contributed by atoms with Crippen molar-refractivity contribution in [1.29, 1.82) is 0 Å². The van der Waals surface area contributed by atoms with E-state index in [2.05, 4.69) is 26.3 Å². The van der Waals surface area contributed by atoms with Crippen LogP contribution in [0.25, 0.3) is 0 Å². The summed E-state index contributed by atoms with van der Waals surface area (Å²) in [7, 11) is 1.66. The highest BCUT2D eigenvalue weighted by Crippen LogP contribution is 2.40. The van der Waals surface area contributed by atoms with Crippen molar-refractivity contribution >= 4 is 23.0 Å². The minimum Gasteiger partial charge on any atom is -0.497 e. The quantitative estimate of drug-likeness (QED) is 0.704. The second-order valence-electron chi connectivity index (χ2n) is 5.82. The normalized spacial score (nSPS) is 19.7. The lowest BCUT2D eigenvalue weighted by molar-refractivity contribution is 0.415. The van der Waals surface area contributed by atoms with Gasteiger partial charge in [0.25, 0.3) is 0 Å². The van der Waals surface area contributed by atoms with E-state index in [1.807, 2.05) is 60.9 Å². The average molecular weight is 350 g/mol. The Hall–Kier alpha value is -2.86. The number of thiocarbonyl (C=S) groups is 1. The van der Waals surface area contributed by atoms with Gasteiger partial charge in [-0.1, -0.05) is 6.07 Å². The first kappa shape index (κ1) is 15.7. The lowest BCUT2D eigenvalue weighted by Crippen LogP contribution is -2.29. The predicted molar refractivity (Wildman–Crippen MR) is 102 cm³/mol. The van der Waals surface area contributed by atoms with Crippen molar-refractivity contribution in [2.75, 3.05) is 12.0 Å². The number of H-pyrrole nitrogens is 1. The van der Waals surface area contributed by atoms with E-state index in [4.69, 9.17) is 17.0 Å². The second kappa shape index (κ2) is 6.57. The van der Waals surface area contributed by atoms with Crippen molar-refractivity contribution in [1.82, 2.24) is 15.3 Å². The number of pyridine rings is 1. The number of hydrogen-bond donors (Lipinski definition) is 2. The topological polar surface area (TPSA) is 53.2 Å². The van der Waals surface area contributed by atoms with Crippen molar-refractivity contribution in [3.05, 3.63) is 78.4 Å². The first-order valence-electron chi connectivity index (χ1n) is 8.06. The first-order chi connectivity index (χ1) is 12.3. The fourth-order valence-electron chi connectivity index (χ4n) is 3.22. The molecule has 126 valence electrons. The summed E-state index contributed by atoms with van der Waals surface area (Å²) in [5.74, 6) is 0.819. The Morgan fingerprint density at radius 2 is 1.92 bits per heavy atom. The van der Waals surface area contributed by atoms with Gasteiger partial charge in [0.05, 0.1) is 18.8 Å². The number of nitrogens with one attached hydrogen (secondary N) is 2. The van der Waals surface area contributed by atoms with E-state index in [1.165, 1.54) is 0 Å². The minimum atomic E-state index is -0.0329. The van der Waals surface area contributed by atoms with E-state index >= 15 is 0 Å². The van der Waals surface area contributed by atoms with Crippen molar-refractivity contribution in [2.45, 2.75) is 12.1 Å². The van der Waals surface area contributed by atoms with Crippen molar-refractivity contribution in [2.24, 2.45) is 0 Å². The van der Waals surface area contributed by atoms with E-state index in [1.54, 1.807) is 7.11 Å². The van der Waals surface area contributed by atoms with Crippen LogP contribution in [0.15, 0.2) is 67.0 Å². The van der Waals surface area contributed by atoms with Gasteiger partial charge in [-0.15, -0.1) is 0 Å². The zero-order valence-corrected chi connectivity index (χ0v) is 14.5. The van der Waals surface area contributed by atoms with Gasteiger partial charge in [-0.2, -0.15) is 0 Å². The average Bonchev–Trinajstić information content (AvgIpc) is 3.30. The number of methoxy groups -OCH3 is 1. The second-order valence-corrected chi connectivity index (χ2v) is 6.21. The van der Waals surface area contributed by atoms with Gasteiger partial charge in [-0.3, -0.25) is 4.98 Å². The molecule has 25 heavy (non-hydrogen) atoms. The molecule has 1 fully saturated rings. The molecule has 2 atom stereocenters. The summed E-state index contributed by atoms with van der Waals surface area (Å²) in [4.78, 5) is 9.98. The largest absolute Gasteiger partial charge is 0.497 e. The third-order valence-electron chi connectivity index (χ3n) is 4.39. The fourth-order valence-corrected chi connectivity index (χ4v) is 3.57. The zero-order chi connectivity index (χ0) is 17.2. The van der Waals surface area contributed by atoms with Crippen LogP contribution >= 0.6 is 12.2 Å². The van der Waals surface area contributed by atoms with E-state index < -0.39 is 0 Å². The van der Waals surface area contributed by atoms with Crippen molar-refractivity contribution in [3.63, 3.8) is 0 Å². The number of hydrogen-bond acceptors (Lipinski definition) is 3. The number of benzene rings is 1. The van der Waals surface area contributed by atoms with E-state index in [-0.39, 0.29) is 12.1 Å². The molecule has 0 amide bonds. The van der Waals surface area contributed by atoms with Gasteiger partial charge in [0, 0.05) is 23.8 Å². The highest BCUT2D eigenvalue weighted by molar-refractivity contribution is 7.80. The molecule has 4 rings (SSSR count). The molecule has 5 nitrogen and oxygen atoms in total. The van der Waals surface area contributed by atoms with Crippen LogP contribution in [0.2, 0.25) is 0 Å². The van der Waals surface area contributed by atoms with Gasteiger partial charge in [-0.25, -0.2) is 0 Å². The minimum absolute atomic E-state index is 0.00852. The molecule has 1 aliphatic rings. The number of aromatic amines is 1. The molecule has 6 heteroatoms. The standard InChI is InChI=1S/C19H18N4OS/c1-24-14-9-7-13(8-10-14)23-18(16-6-4-12-21-16)17(22-19(23)25)15-5-2-3-11-20-15/h2-12,17-18,21H,1H3,(H,22,25)/t17-,18-/m1/s1. The summed E-state index contributed by atoms with van der Waals surface area (Å²) in [5.41, 5.74) is 3.05. The van der Waals surface area contributed by atoms with Gasteiger partial charge in [0.1, 0.15) is 11.8 Å². The molecule has 0 radical (unpaired) electrons. The zero-order valence-electron chi connectivity index (χ0n) is 13.7. The molecule has 0 spiro atoms. The molecular formula is C19H18N4OS. The van der Waals surface area contributed by atoms with Crippen molar-refractivity contribution in [3.8, 4) is 5.75 Å². The molecule has 1 saturated heterocycles. The SMILES string of the molecule is COc1ccc(N2C(=S)N[C@H](c3ccccn3)[C@H]2c2ccc[nH]2)cc1. The summed E-state index contributed by atoms with van der Waals surface area (Å²) in [5, 5.41) is 4.11. The number of ether oxygens (including phenoxy) is 1. The van der Waals surface area contributed by atoms with Crippen LogP contribution in [0.1, 0.15) is 23.5 Å². The lowest BCUT2D eigenvalue weighted by Gasteiger charge is -2.27. The number of anilines is 1. The predicted octanol–water partition coefficient (Wildman–Crippen LogP) is 3.60. The molecule has 1 aromatic carbocycles. The van der Waals surface area contributed by atoms with Gasteiger partial charge in [0.2, 0.25) is 0 Å². The van der Waals surface area contributed by atoms with E-state index in [0.717, 1.165) is 22.8 Å². The summed E-state index contributed by atoms with van der Waals surface area (Å²) in [6.45, 7) is 0. The molecular weight excluding hydrogens is 332 g/mol. The number of nitrogens with zero attached hydrogens (tertiary/aromatic N) is 2. The summed E-state index contributed by atoms with van der Waals surface area (Å²) in [6.07, 6.45) is 3.74. The van der Waals surface area contributed by atoms with Gasteiger partial charge in [0.15, 0.2) is 5.11 Å². The maximum atomic E-state index is 5.65. The Balaban J connectivity index is 1.77. The van der Waals surface area contributed by atoms with E-state index in [0.29, 0.717) is 5.11 Å². The molecule has 0 aliphatic carbocycles. The highest BCUT2D eigenvalue weighted by atomic mass is 32.1. The fraction of sp³-hybridized carbons (Fsp3) is 0.158. The molecule has 0 bridgehead atoms. The first-order valence-corrected chi connectivity index (χ1v) is 8.47. The molecule has 0 unspecified atom stereocenters. The van der Waals surface area contributed by atoms with Gasteiger partial charge < -0.3 is 19.9 Å². The van der Waals surface area contributed by atoms with Crippen molar-refractivity contribution < 1.29 is 4.74 Å². The van der Waals surface area contributed by atoms with Crippen LogP contribution in [0.4, 0.5) is 5.69 Å². The Kier molecular flexibility index (Phi) is 4.11. The van der Waals surface area contributed by atoms with Crippen LogP contribution in [-0.2, 0) is 0 Å². The van der Waals surface area contributed by atoms with Crippen LogP contribution < -0.4 is 15.0 Å². The van der Waals surface area contributed by atoms with Crippen LogP contribution in [0.5, 0.6) is 5.75 Å². The van der Waals surface area contributed by atoms with Crippen LogP contribution in [0.3, 0.4) is 0 Å². The molecule has 2 aromatic heterocycles. The lowest BCUT2D eigenvalue weighted by atomic mass is 10.0.